The van der Waals surface area contributed by atoms with E-state index in [0.29, 0.717) is 19.8 Å². The SMILES string of the molecule is Cl.O=C(NCC(O)c1ccccc1F)C1COCCN1. The van der Waals surface area contributed by atoms with Crippen LogP contribution in [0.2, 0.25) is 0 Å². The molecule has 1 aromatic carbocycles. The maximum atomic E-state index is 13.4. The number of carbonyl (C=O) groups is 1. The summed E-state index contributed by atoms with van der Waals surface area (Å²) in [5.41, 5.74) is 0.177. The lowest BCUT2D eigenvalue weighted by Crippen LogP contribution is -2.51. The number of halogens is 2. The molecule has 2 atom stereocenters. The van der Waals surface area contributed by atoms with Crippen LogP contribution in [0.5, 0.6) is 0 Å². The van der Waals surface area contributed by atoms with Crippen LogP contribution in [0.15, 0.2) is 24.3 Å². The Balaban J connectivity index is 0.00000200. The topological polar surface area (TPSA) is 70.6 Å². The second kappa shape index (κ2) is 8.16. The zero-order valence-electron chi connectivity index (χ0n) is 10.8. The highest BCUT2D eigenvalue weighted by molar-refractivity contribution is 5.85. The van der Waals surface area contributed by atoms with Crippen molar-refractivity contribution in [1.82, 2.24) is 10.6 Å². The van der Waals surface area contributed by atoms with Crippen molar-refractivity contribution in [3.63, 3.8) is 0 Å². The second-order valence-electron chi connectivity index (χ2n) is 4.36. The lowest BCUT2D eigenvalue weighted by Gasteiger charge is -2.23. The molecule has 2 rings (SSSR count). The molecule has 7 heteroatoms. The predicted octanol–water partition coefficient (Wildman–Crippen LogP) is 0.385. The maximum absolute atomic E-state index is 13.4. The third kappa shape index (κ3) is 4.42. The van der Waals surface area contributed by atoms with Gasteiger partial charge in [-0.2, -0.15) is 0 Å². The van der Waals surface area contributed by atoms with Crippen LogP contribution in [-0.4, -0.2) is 43.4 Å². The molecule has 1 aliphatic rings. The number of morpholine rings is 1. The van der Waals surface area contributed by atoms with Gasteiger partial charge in [-0.05, 0) is 6.07 Å². The number of hydrogen-bond donors (Lipinski definition) is 3. The van der Waals surface area contributed by atoms with Crippen LogP contribution < -0.4 is 10.6 Å². The average Bonchev–Trinajstić information content (AvgIpc) is 2.46. The summed E-state index contributed by atoms with van der Waals surface area (Å²) in [6.45, 7) is 1.48. The van der Waals surface area contributed by atoms with Crippen LogP contribution in [0.1, 0.15) is 11.7 Å². The van der Waals surface area contributed by atoms with E-state index < -0.39 is 18.0 Å². The number of benzene rings is 1. The highest BCUT2D eigenvalue weighted by Crippen LogP contribution is 2.15. The van der Waals surface area contributed by atoms with Gasteiger partial charge in [0.05, 0.1) is 19.3 Å². The fraction of sp³-hybridized carbons (Fsp3) is 0.462. The number of amides is 1. The standard InChI is InChI=1S/C13H17FN2O3.ClH/c14-10-4-2-1-3-9(10)12(17)7-16-13(18)11-8-19-6-5-15-11;/h1-4,11-12,15,17H,5-8H2,(H,16,18);1H. The van der Waals surface area contributed by atoms with Crippen molar-refractivity contribution in [2.45, 2.75) is 12.1 Å². The summed E-state index contributed by atoms with van der Waals surface area (Å²) in [4.78, 5) is 11.8. The molecule has 5 nitrogen and oxygen atoms in total. The smallest absolute Gasteiger partial charge is 0.239 e. The summed E-state index contributed by atoms with van der Waals surface area (Å²) < 4.78 is 18.6. The molecular formula is C13H18ClFN2O3. The lowest BCUT2D eigenvalue weighted by atomic mass is 10.1. The molecule has 0 saturated carbocycles. The first-order valence-electron chi connectivity index (χ1n) is 6.20. The van der Waals surface area contributed by atoms with E-state index >= 15 is 0 Å². The van der Waals surface area contributed by atoms with Gasteiger partial charge in [-0.3, -0.25) is 4.79 Å². The van der Waals surface area contributed by atoms with Crippen molar-refractivity contribution in [3.8, 4) is 0 Å². The summed E-state index contributed by atoms with van der Waals surface area (Å²) in [5, 5.41) is 15.4. The van der Waals surface area contributed by atoms with E-state index in [4.69, 9.17) is 4.74 Å². The van der Waals surface area contributed by atoms with E-state index in [1.165, 1.54) is 12.1 Å². The molecule has 0 bridgehead atoms. The highest BCUT2D eigenvalue weighted by Gasteiger charge is 2.22. The van der Waals surface area contributed by atoms with Crippen molar-refractivity contribution >= 4 is 18.3 Å². The number of ether oxygens (including phenoxy) is 1. The molecule has 20 heavy (non-hydrogen) atoms. The Labute approximate surface area is 122 Å². The first kappa shape index (κ1) is 16.8. The molecule has 1 heterocycles. The molecule has 112 valence electrons. The number of aliphatic hydroxyl groups is 1. The van der Waals surface area contributed by atoms with Gasteiger partial charge >= 0.3 is 0 Å². The zero-order valence-corrected chi connectivity index (χ0v) is 11.7. The highest BCUT2D eigenvalue weighted by atomic mass is 35.5. The third-order valence-corrected chi connectivity index (χ3v) is 2.97. The molecular weight excluding hydrogens is 287 g/mol. The van der Waals surface area contributed by atoms with Gasteiger partial charge in [-0.1, -0.05) is 18.2 Å². The Morgan fingerprint density at radius 3 is 2.95 bits per heavy atom. The minimum absolute atomic E-state index is 0. The summed E-state index contributed by atoms with van der Waals surface area (Å²) >= 11 is 0. The van der Waals surface area contributed by atoms with Crippen LogP contribution in [0.25, 0.3) is 0 Å². The molecule has 1 amide bonds. The van der Waals surface area contributed by atoms with E-state index in [1.54, 1.807) is 12.1 Å². The average molecular weight is 305 g/mol. The van der Waals surface area contributed by atoms with Crippen LogP contribution in [-0.2, 0) is 9.53 Å². The van der Waals surface area contributed by atoms with Crippen molar-refractivity contribution in [2.75, 3.05) is 26.3 Å². The summed E-state index contributed by atoms with van der Waals surface area (Å²) in [5.74, 6) is -0.738. The summed E-state index contributed by atoms with van der Waals surface area (Å²) in [6.07, 6.45) is -1.06. The molecule has 2 unspecified atom stereocenters. The quantitative estimate of drug-likeness (QED) is 0.752. The van der Waals surface area contributed by atoms with E-state index in [9.17, 15) is 14.3 Å². The van der Waals surface area contributed by atoms with Gasteiger partial charge in [0.15, 0.2) is 0 Å². The van der Waals surface area contributed by atoms with Gasteiger partial charge in [0.2, 0.25) is 5.91 Å². The molecule has 0 aliphatic carbocycles. The predicted molar refractivity (Wildman–Crippen MR) is 74.2 cm³/mol. The van der Waals surface area contributed by atoms with Crippen LogP contribution in [0.3, 0.4) is 0 Å². The number of nitrogens with one attached hydrogen (secondary N) is 2. The van der Waals surface area contributed by atoms with Gasteiger partial charge < -0.3 is 20.5 Å². The number of aliphatic hydroxyl groups excluding tert-OH is 1. The number of hydrogen-bond acceptors (Lipinski definition) is 4. The van der Waals surface area contributed by atoms with Gasteiger partial charge in [0, 0.05) is 18.7 Å². The Bertz CT molecular complexity index is 441. The van der Waals surface area contributed by atoms with Crippen LogP contribution >= 0.6 is 12.4 Å². The first-order chi connectivity index (χ1) is 9.18. The zero-order chi connectivity index (χ0) is 13.7. The monoisotopic (exact) mass is 304 g/mol. The first-order valence-corrected chi connectivity index (χ1v) is 6.20. The second-order valence-corrected chi connectivity index (χ2v) is 4.36. The Kier molecular flexibility index (Phi) is 6.87. The molecule has 0 radical (unpaired) electrons. The molecule has 0 aromatic heterocycles. The largest absolute Gasteiger partial charge is 0.386 e. The molecule has 1 saturated heterocycles. The van der Waals surface area contributed by atoms with Crippen molar-refractivity contribution < 1.29 is 19.0 Å². The Morgan fingerprint density at radius 1 is 1.55 bits per heavy atom. The number of rotatable bonds is 4. The van der Waals surface area contributed by atoms with Gasteiger partial charge in [0.1, 0.15) is 11.9 Å². The third-order valence-electron chi connectivity index (χ3n) is 2.97. The molecule has 1 fully saturated rings. The normalized spacial score (nSPS) is 19.8. The van der Waals surface area contributed by atoms with Crippen LogP contribution in [0.4, 0.5) is 4.39 Å². The Hall–Kier alpha value is -1.21. The van der Waals surface area contributed by atoms with Gasteiger partial charge in [0.25, 0.3) is 0 Å². The minimum Gasteiger partial charge on any atom is -0.386 e. The molecule has 3 N–H and O–H groups in total. The van der Waals surface area contributed by atoms with Crippen molar-refractivity contribution in [2.24, 2.45) is 0 Å². The minimum atomic E-state index is -1.06. The molecule has 1 aliphatic heterocycles. The maximum Gasteiger partial charge on any atom is 0.239 e. The fourth-order valence-electron chi connectivity index (χ4n) is 1.91. The Morgan fingerprint density at radius 2 is 2.30 bits per heavy atom. The molecule has 1 aromatic rings. The van der Waals surface area contributed by atoms with Crippen molar-refractivity contribution in [3.05, 3.63) is 35.6 Å². The van der Waals surface area contributed by atoms with Gasteiger partial charge in [-0.25, -0.2) is 4.39 Å². The van der Waals surface area contributed by atoms with E-state index in [-0.39, 0.29) is 30.4 Å². The number of carbonyl (C=O) groups excluding carboxylic acids is 1. The summed E-state index contributed by atoms with van der Waals surface area (Å²) in [7, 11) is 0. The van der Waals surface area contributed by atoms with E-state index in [0.717, 1.165) is 0 Å². The fourth-order valence-corrected chi connectivity index (χ4v) is 1.91. The van der Waals surface area contributed by atoms with E-state index in [2.05, 4.69) is 10.6 Å². The van der Waals surface area contributed by atoms with Crippen LogP contribution in [0, 0.1) is 5.82 Å². The summed E-state index contributed by atoms with van der Waals surface area (Å²) in [6, 6.07) is 5.54. The molecule has 0 spiro atoms. The van der Waals surface area contributed by atoms with Gasteiger partial charge in [-0.15, -0.1) is 12.4 Å². The van der Waals surface area contributed by atoms with E-state index in [1.807, 2.05) is 0 Å². The van der Waals surface area contributed by atoms with Crippen molar-refractivity contribution in [1.29, 1.82) is 0 Å². The lowest BCUT2D eigenvalue weighted by molar-refractivity contribution is -0.126.